The van der Waals surface area contributed by atoms with Gasteiger partial charge in [0.15, 0.2) is 5.78 Å². The number of ketones is 1. The molecule has 144 valence electrons. The molecule has 1 aliphatic carbocycles. The van der Waals surface area contributed by atoms with Crippen LogP contribution in [0, 0.1) is 0 Å². The van der Waals surface area contributed by atoms with Crippen molar-refractivity contribution in [1.82, 2.24) is 5.32 Å². The minimum absolute atomic E-state index is 0.124. The van der Waals surface area contributed by atoms with Crippen molar-refractivity contribution < 1.29 is 14.3 Å². The second-order valence-corrected chi connectivity index (χ2v) is 7.39. The van der Waals surface area contributed by atoms with Gasteiger partial charge in [0.1, 0.15) is 0 Å². The molecule has 0 bridgehead atoms. The van der Waals surface area contributed by atoms with Gasteiger partial charge in [0.05, 0.1) is 12.2 Å². The number of allylic oxidation sites excluding steroid dienone is 3. The average Bonchev–Trinajstić information content (AvgIpc) is 2.65. The van der Waals surface area contributed by atoms with Crippen molar-refractivity contribution in [2.45, 2.75) is 45.4 Å². The van der Waals surface area contributed by atoms with Crippen LogP contribution in [-0.4, -0.2) is 32.5 Å². The van der Waals surface area contributed by atoms with Gasteiger partial charge >= 0.3 is 5.97 Å². The van der Waals surface area contributed by atoms with E-state index in [1.807, 2.05) is 57.1 Å². The van der Waals surface area contributed by atoms with Crippen LogP contribution in [0.1, 0.15) is 51.0 Å². The lowest BCUT2D eigenvalue weighted by molar-refractivity contribution is -0.139. The van der Waals surface area contributed by atoms with Crippen molar-refractivity contribution in [3.05, 3.63) is 52.4 Å². The van der Waals surface area contributed by atoms with Crippen LogP contribution in [0.4, 0.5) is 5.69 Å². The number of benzene rings is 1. The summed E-state index contributed by atoms with van der Waals surface area (Å²) in [5.41, 5.74) is 5.05. The van der Waals surface area contributed by atoms with Gasteiger partial charge in [0, 0.05) is 49.1 Å². The van der Waals surface area contributed by atoms with Crippen molar-refractivity contribution in [2.24, 2.45) is 0 Å². The molecule has 1 atom stereocenters. The Labute approximate surface area is 161 Å². The molecule has 1 aromatic rings. The van der Waals surface area contributed by atoms with Gasteiger partial charge in [-0.25, -0.2) is 4.79 Å². The smallest absolute Gasteiger partial charge is 0.336 e. The van der Waals surface area contributed by atoms with E-state index in [0.717, 1.165) is 47.5 Å². The number of nitrogens with zero attached hydrogens (tertiary/aromatic N) is 1. The van der Waals surface area contributed by atoms with E-state index in [1.54, 1.807) is 0 Å². The van der Waals surface area contributed by atoms with Crippen LogP contribution in [-0.2, 0) is 14.3 Å². The molecule has 2 aliphatic rings. The summed E-state index contributed by atoms with van der Waals surface area (Å²) in [6.07, 6.45) is 2.98. The highest BCUT2D eigenvalue weighted by atomic mass is 16.5. The largest absolute Gasteiger partial charge is 0.462 e. The maximum Gasteiger partial charge on any atom is 0.336 e. The Balaban J connectivity index is 2.08. The van der Waals surface area contributed by atoms with Gasteiger partial charge in [-0.2, -0.15) is 0 Å². The summed E-state index contributed by atoms with van der Waals surface area (Å²) in [5.74, 6) is -0.582. The SMILES string of the molecule is CCCOC(=O)C1=C(C)NC2=C(C(=O)CCC2)[C@@H]1c1ccc(N(C)C)cc1. The standard InChI is InChI=1S/C22H28N2O3/c1-5-13-27-22(26)19-14(2)23-17-7-6-8-18(25)21(17)20(19)15-9-11-16(12-10-15)24(3)4/h9-12,20,23H,5-8,13H2,1-4H3/t20-/m1/s1. The number of carbonyl (C=O) groups is 2. The Hall–Kier alpha value is -2.56. The number of rotatable bonds is 5. The van der Waals surface area contributed by atoms with Crippen molar-refractivity contribution in [3.8, 4) is 0 Å². The average molecular weight is 368 g/mol. The zero-order chi connectivity index (χ0) is 19.6. The molecule has 0 saturated heterocycles. The Morgan fingerprint density at radius 2 is 1.93 bits per heavy atom. The maximum absolute atomic E-state index is 12.8. The second-order valence-electron chi connectivity index (χ2n) is 7.39. The van der Waals surface area contributed by atoms with Crippen molar-refractivity contribution in [3.63, 3.8) is 0 Å². The number of ether oxygens (including phenoxy) is 1. The minimum Gasteiger partial charge on any atom is -0.462 e. The molecule has 0 saturated carbocycles. The highest BCUT2D eigenvalue weighted by Gasteiger charge is 2.39. The molecule has 3 rings (SSSR count). The predicted octanol–water partition coefficient (Wildman–Crippen LogP) is 3.67. The summed E-state index contributed by atoms with van der Waals surface area (Å²) in [7, 11) is 3.98. The quantitative estimate of drug-likeness (QED) is 0.804. The Morgan fingerprint density at radius 1 is 1.22 bits per heavy atom. The predicted molar refractivity (Wildman–Crippen MR) is 106 cm³/mol. The Morgan fingerprint density at radius 3 is 2.56 bits per heavy atom. The van der Waals surface area contributed by atoms with Gasteiger partial charge in [0.2, 0.25) is 0 Å². The zero-order valence-corrected chi connectivity index (χ0v) is 16.6. The lowest BCUT2D eigenvalue weighted by Gasteiger charge is -2.34. The first kappa shape index (κ1) is 19.2. The number of hydrogen-bond acceptors (Lipinski definition) is 5. The highest BCUT2D eigenvalue weighted by molar-refractivity contribution is 6.03. The summed E-state index contributed by atoms with van der Waals surface area (Å²) < 4.78 is 5.45. The van der Waals surface area contributed by atoms with E-state index < -0.39 is 0 Å². The van der Waals surface area contributed by atoms with E-state index in [-0.39, 0.29) is 17.7 Å². The molecule has 0 fully saturated rings. The zero-order valence-electron chi connectivity index (χ0n) is 16.6. The third-order valence-electron chi connectivity index (χ3n) is 5.18. The first-order chi connectivity index (χ1) is 12.9. The molecule has 0 spiro atoms. The number of esters is 1. The Bertz CT molecular complexity index is 803. The van der Waals surface area contributed by atoms with Crippen LogP contribution in [0.15, 0.2) is 46.8 Å². The van der Waals surface area contributed by atoms with E-state index in [9.17, 15) is 9.59 Å². The summed E-state index contributed by atoms with van der Waals surface area (Å²) in [6, 6.07) is 8.07. The summed E-state index contributed by atoms with van der Waals surface area (Å²) in [6.45, 7) is 4.24. The summed E-state index contributed by atoms with van der Waals surface area (Å²) in [4.78, 5) is 27.7. The Kier molecular flexibility index (Phi) is 5.68. The number of nitrogens with one attached hydrogen (secondary N) is 1. The molecule has 0 amide bonds. The van der Waals surface area contributed by atoms with E-state index >= 15 is 0 Å². The summed E-state index contributed by atoms with van der Waals surface area (Å²) >= 11 is 0. The lowest BCUT2D eigenvalue weighted by Crippen LogP contribution is -2.34. The monoisotopic (exact) mass is 368 g/mol. The van der Waals surface area contributed by atoms with Gasteiger partial charge in [-0.3, -0.25) is 4.79 Å². The minimum atomic E-state index is -0.366. The molecule has 1 aromatic carbocycles. The fourth-order valence-electron chi connectivity index (χ4n) is 3.82. The van der Waals surface area contributed by atoms with Crippen molar-refractivity contribution in [2.75, 3.05) is 25.6 Å². The van der Waals surface area contributed by atoms with Gasteiger partial charge in [-0.05, 0) is 43.9 Å². The second kappa shape index (κ2) is 7.99. The van der Waals surface area contributed by atoms with E-state index in [0.29, 0.717) is 18.6 Å². The van der Waals surface area contributed by atoms with Crippen molar-refractivity contribution in [1.29, 1.82) is 0 Å². The molecular weight excluding hydrogens is 340 g/mol. The number of carbonyl (C=O) groups excluding carboxylic acids is 2. The number of Topliss-reactive ketones (excluding diaryl/α,β-unsaturated/α-hetero) is 1. The molecule has 27 heavy (non-hydrogen) atoms. The fourth-order valence-corrected chi connectivity index (χ4v) is 3.82. The number of hydrogen-bond donors (Lipinski definition) is 1. The molecule has 5 heteroatoms. The van der Waals surface area contributed by atoms with Crippen LogP contribution in [0.2, 0.25) is 0 Å². The van der Waals surface area contributed by atoms with Gasteiger partial charge in [0.25, 0.3) is 0 Å². The van der Waals surface area contributed by atoms with Crippen LogP contribution in [0.25, 0.3) is 0 Å². The number of anilines is 1. The molecule has 1 aliphatic heterocycles. The van der Waals surface area contributed by atoms with Crippen LogP contribution in [0.5, 0.6) is 0 Å². The van der Waals surface area contributed by atoms with Crippen molar-refractivity contribution >= 4 is 17.4 Å². The van der Waals surface area contributed by atoms with E-state index in [1.165, 1.54) is 0 Å². The molecular formula is C22H28N2O3. The van der Waals surface area contributed by atoms with Crippen LogP contribution < -0.4 is 10.2 Å². The maximum atomic E-state index is 12.8. The van der Waals surface area contributed by atoms with Gasteiger partial charge in [-0.15, -0.1) is 0 Å². The third kappa shape index (κ3) is 3.77. The summed E-state index contributed by atoms with van der Waals surface area (Å²) in [5, 5.41) is 3.31. The normalized spacial score (nSPS) is 19.6. The number of dihydropyridines is 1. The highest BCUT2D eigenvalue weighted by Crippen LogP contribution is 2.42. The third-order valence-corrected chi connectivity index (χ3v) is 5.18. The molecule has 0 aromatic heterocycles. The van der Waals surface area contributed by atoms with Crippen LogP contribution in [0.3, 0.4) is 0 Å². The van der Waals surface area contributed by atoms with E-state index in [2.05, 4.69) is 5.32 Å². The van der Waals surface area contributed by atoms with Gasteiger partial charge < -0.3 is 15.0 Å². The molecule has 1 N–H and O–H groups in total. The first-order valence-corrected chi connectivity index (χ1v) is 9.62. The fraction of sp³-hybridized carbons (Fsp3) is 0.455. The van der Waals surface area contributed by atoms with E-state index in [4.69, 9.17) is 4.74 Å². The molecule has 0 unspecified atom stereocenters. The first-order valence-electron chi connectivity index (χ1n) is 9.62. The van der Waals surface area contributed by atoms with Crippen LogP contribution >= 0.6 is 0 Å². The van der Waals surface area contributed by atoms with Gasteiger partial charge in [-0.1, -0.05) is 19.1 Å². The molecule has 5 nitrogen and oxygen atoms in total. The molecule has 1 heterocycles. The lowest BCUT2D eigenvalue weighted by atomic mass is 9.75. The molecule has 0 radical (unpaired) electrons. The topological polar surface area (TPSA) is 58.6 Å².